The van der Waals surface area contributed by atoms with Crippen LogP contribution >= 0.6 is 23.2 Å². The van der Waals surface area contributed by atoms with Crippen molar-refractivity contribution < 1.29 is 9.53 Å². The van der Waals surface area contributed by atoms with E-state index < -0.39 is 0 Å². The Morgan fingerprint density at radius 3 is 2.69 bits per heavy atom. The smallest absolute Gasteiger partial charge is 0.325 e. The monoisotopic (exact) mass is 430 g/mol. The molecule has 1 heterocycles. The van der Waals surface area contributed by atoms with E-state index in [2.05, 4.69) is 11.9 Å². The molecule has 0 unspecified atom stereocenters. The topological polar surface area (TPSA) is 42.4 Å². The number of anilines is 1. The molecule has 0 aliphatic heterocycles. The third kappa shape index (κ3) is 5.40. The number of para-hydroxylation sites is 1. The molecule has 0 amide bonds. The van der Waals surface area contributed by atoms with Crippen molar-refractivity contribution in [1.29, 1.82) is 0 Å². The zero-order chi connectivity index (χ0) is 20.8. The first-order valence-corrected chi connectivity index (χ1v) is 10.4. The lowest BCUT2D eigenvalue weighted by Gasteiger charge is -2.26. The number of rotatable bonds is 8. The number of ether oxygens (including phenoxy) is 1. The van der Waals surface area contributed by atoms with Gasteiger partial charge in [0, 0.05) is 29.2 Å². The lowest BCUT2D eigenvalue weighted by Crippen LogP contribution is -2.31. The lowest BCUT2D eigenvalue weighted by molar-refractivity contribution is -0.142. The second-order valence-corrected chi connectivity index (χ2v) is 7.76. The summed E-state index contributed by atoms with van der Waals surface area (Å²) in [7, 11) is 0. The van der Waals surface area contributed by atoms with Gasteiger partial charge >= 0.3 is 5.97 Å². The van der Waals surface area contributed by atoms with Crippen LogP contribution in [0.25, 0.3) is 10.8 Å². The number of hydrogen-bond acceptors (Lipinski definition) is 4. The summed E-state index contributed by atoms with van der Waals surface area (Å²) in [6.07, 6.45) is 3.41. The molecule has 0 saturated heterocycles. The van der Waals surface area contributed by atoms with E-state index >= 15 is 0 Å². The summed E-state index contributed by atoms with van der Waals surface area (Å²) in [4.78, 5) is 18.6. The number of carbonyl (C=O) groups is 1. The number of fused-ring (bicyclic) bond motifs is 1. The number of benzene rings is 2. The molecule has 2 aromatic carbocycles. The van der Waals surface area contributed by atoms with Crippen molar-refractivity contribution in [3.8, 4) is 0 Å². The summed E-state index contributed by atoms with van der Waals surface area (Å²) in [5.41, 5.74) is 3.10. The van der Waals surface area contributed by atoms with Gasteiger partial charge < -0.3 is 9.64 Å². The number of nitrogens with zero attached hydrogens (tertiary/aromatic N) is 2. The second kappa shape index (κ2) is 9.95. The van der Waals surface area contributed by atoms with Gasteiger partial charge in [0.1, 0.15) is 11.7 Å². The minimum Gasteiger partial charge on any atom is -0.464 e. The fourth-order valence-corrected chi connectivity index (χ4v) is 3.64. The molecule has 0 saturated carbocycles. The third-order valence-electron chi connectivity index (χ3n) is 4.77. The van der Waals surface area contributed by atoms with Crippen LogP contribution in [-0.2, 0) is 16.1 Å². The molecule has 0 fully saturated rings. The normalized spacial score (nSPS) is 10.9. The highest BCUT2D eigenvalue weighted by Crippen LogP contribution is 2.30. The summed E-state index contributed by atoms with van der Waals surface area (Å²) >= 11 is 12.5. The maximum absolute atomic E-state index is 12.4. The molecule has 0 spiro atoms. The molecule has 0 atom stereocenters. The Kier molecular flexibility index (Phi) is 7.34. The predicted molar refractivity (Wildman–Crippen MR) is 120 cm³/mol. The van der Waals surface area contributed by atoms with Crippen molar-refractivity contribution in [3.05, 3.63) is 70.0 Å². The average molecular weight is 431 g/mol. The van der Waals surface area contributed by atoms with Crippen LogP contribution in [0, 0.1) is 6.92 Å². The van der Waals surface area contributed by atoms with Gasteiger partial charge in [-0.25, -0.2) is 4.98 Å². The van der Waals surface area contributed by atoms with E-state index in [1.165, 1.54) is 0 Å². The Hall–Kier alpha value is -2.30. The van der Waals surface area contributed by atoms with Crippen LogP contribution in [-0.4, -0.2) is 24.1 Å². The maximum Gasteiger partial charge on any atom is 0.325 e. The fraction of sp³-hybridized carbons (Fsp3) is 0.304. The number of halogens is 2. The van der Waals surface area contributed by atoms with Crippen molar-refractivity contribution >= 4 is 45.6 Å². The van der Waals surface area contributed by atoms with Crippen LogP contribution in [0.2, 0.25) is 10.2 Å². The molecule has 4 nitrogen and oxygen atoms in total. The predicted octanol–water partition coefficient (Wildman–Crippen LogP) is 6.20. The molecule has 0 radical (unpaired) electrons. The highest BCUT2D eigenvalue weighted by Gasteiger charge is 2.16. The quantitative estimate of drug-likeness (QED) is 0.242. The highest BCUT2D eigenvalue weighted by atomic mass is 35.5. The van der Waals surface area contributed by atoms with Crippen LogP contribution in [0.5, 0.6) is 0 Å². The molecule has 6 heteroatoms. The maximum atomic E-state index is 12.4. The van der Waals surface area contributed by atoms with Gasteiger partial charge in [-0.1, -0.05) is 66.9 Å². The van der Waals surface area contributed by atoms with E-state index in [4.69, 9.17) is 27.9 Å². The summed E-state index contributed by atoms with van der Waals surface area (Å²) in [5, 5.41) is 2.63. The number of carbonyl (C=O) groups excluding carboxylic acids is 1. The van der Waals surface area contributed by atoms with Gasteiger partial charge in [0.15, 0.2) is 0 Å². The van der Waals surface area contributed by atoms with Gasteiger partial charge in [-0.05, 0) is 36.6 Å². The Labute approximate surface area is 181 Å². The zero-order valence-corrected chi connectivity index (χ0v) is 18.1. The largest absolute Gasteiger partial charge is 0.464 e. The summed E-state index contributed by atoms with van der Waals surface area (Å²) in [5.74, 6) is -0.231. The first kappa shape index (κ1) is 21.4. The molecular weight excluding hydrogens is 407 g/mol. The number of esters is 1. The van der Waals surface area contributed by atoms with Gasteiger partial charge in [0.2, 0.25) is 0 Å². The third-order valence-corrected chi connectivity index (χ3v) is 5.37. The second-order valence-electron chi connectivity index (χ2n) is 6.99. The Balaban J connectivity index is 1.88. The number of unbranched alkanes of at least 4 members (excludes halogenated alkanes) is 1. The van der Waals surface area contributed by atoms with Crippen LogP contribution < -0.4 is 4.90 Å². The van der Waals surface area contributed by atoms with E-state index in [1.54, 1.807) is 6.20 Å². The minimum atomic E-state index is -0.231. The van der Waals surface area contributed by atoms with Gasteiger partial charge in [0.25, 0.3) is 0 Å². The van der Waals surface area contributed by atoms with Gasteiger partial charge in [0.05, 0.1) is 11.6 Å². The first-order valence-electron chi connectivity index (χ1n) is 9.68. The van der Waals surface area contributed by atoms with Crippen LogP contribution in [0.15, 0.2) is 48.7 Å². The van der Waals surface area contributed by atoms with Crippen LogP contribution in [0.1, 0.15) is 30.9 Å². The van der Waals surface area contributed by atoms with E-state index in [1.807, 2.05) is 54.3 Å². The minimum absolute atomic E-state index is 0.175. The highest BCUT2D eigenvalue weighted by molar-refractivity contribution is 6.39. The number of hydrogen-bond donors (Lipinski definition) is 0. The zero-order valence-electron chi connectivity index (χ0n) is 16.6. The van der Waals surface area contributed by atoms with Crippen molar-refractivity contribution in [1.82, 2.24) is 4.98 Å². The average Bonchev–Trinajstić information content (AvgIpc) is 2.71. The summed E-state index contributed by atoms with van der Waals surface area (Å²) in [6.45, 7) is 5.26. The molecule has 1 aromatic heterocycles. The molecular formula is C23H24Cl2N2O2. The molecule has 0 N–H and O–H groups in total. The molecule has 0 bridgehead atoms. The van der Waals surface area contributed by atoms with E-state index in [9.17, 15) is 4.79 Å². The number of aryl methyl sites for hydroxylation is 1. The van der Waals surface area contributed by atoms with E-state index in [0.717, 1.165) is 40.4 Å². The molecule has 29 heavy (non-hydrogen) atoms. The van der Waals surface area contributed by atoms with Crippen LogP contribution in [0.3, 0.4) is 0 Å². The summed E-state index contributed by atoms with van der Waals surface area (Å²) in [6, 6.07) is 13.9. The molecule has 3 aromatic rings. The standard InChI is InChI=1S/C23H24Cl2N2O2/c1-3-4-11-29-22(28)15-27(21-8-6-5-7-16(21)2)14-17-9-10-18-19(12-17)23(25)26-13-20(18)24/h5-10,12-13H,3-4,11,14-15H2,1-2H3. The van der Waals surface area contributed by atoms with E-state index in [-0.39, 0.29) is 12.5 Å². The molecule has 152 valence electrons. The Morgan fingerprint density at radius 1 is 1.14 bits per heavy atom. The molecule has 3 rings (SSSR count). The molecule has 0 aliphatic carbocycles. The number of aromatic nitrogens is 1. The number of pyridine rings is 1. The van der Waals surface area contributed by atoms with Crippen molar-refractivity contribution in [3.63, 3.8) is 0 Å². The van der Waals surface area contributed by atoms with E-state index in [0.29, 0.717) is 23.3 Å². The van der Waals surface area contributed by atoms with Gasteiger partial charge in [-0.15, -0.1) is 0 Å². The Morgan fingerprint density at radius 2 is 1.93 bits per heavy atom. The van der Waals surface area contributed by atoms with Crippen molar-refractivity contribution in [2.75, 3.05) is 18.1 Å². The lowest BCUT2D eigenvalue weighted by atomic mass is 10.1. The Bertz CT molecular complexity index is 1010. The van der Waals surface area contributed by atoms with Crippen molar-refractivity contribution in [2.24, 2.45) is 0 Å². The summed E-state index contributed by atoms with van der Waals surface area (Å²) < 4.78 is 5.39. The molecule has 0 aliphatic rings. The fourth-order valence-electron chi connectivity index (χ4n) is 3.22. The van der Waals surface area contributed by atoms with Crippen LogP contribution in [0.4, 0.5) is 5.69 Å². The van der Waals surface area contributed by atoms with Gasteiger partial charge in [-0.3, -0.25) is 4.79 Å². The first-order chi connectivity index (χ1) is 14.0. The SMILES string of the molecule is CCCCOC(=O)CN(Cc1ccc2c(Cl)cnc(Cl)c2c1)c1ccccc1C. The van der Waals surface area contributed by atoms with Crippen molar-refractivity contribution in [2.45, 2.75) is 33.2 Å². The van der Waals surface area contributed by atoms with Gasteiger partial charge in [-0.2, -0.15) is 0 Å².